The summed E-state index contributed by atoms with van der Waals surface area (Å²) in [5.41, 5.74) is 3.77. The van der Waals surface area contributed by atoms with Gasteiger partial charge in [-0.05, 0) is 18.6 Å². The third kappa shape index (κ3) is 3.57. The first-order valence-electron chi connectivity index (χ1n) is 8.34. The van der Waals surface area contributed by atoms with E-state index in [1.165, 1.54) is 6.21 Å². The molecule has 0 saturated carbocycles. The van der Waals surface area contributed by atoms with Crippen molar-refractivity contribution in [2.75, 3.05) is 11.5 Å². The van der Waals surface area contributed by atoms with E-state index in [0.717, 1.165) is 5.56 Å². The highest BCUT2D eigenvalue weighted by Crippen LogP contribution is 2.37. The summed E-state index contributed by atoms with van der Waals surface area (Å²) in [5, 5.41) is 4.19. The number of rotatable bonds is 4. The summed E-state index contributed by atoms with van der Waals surface area (Å²) in [5.74, 6) is 2.58. The Morgan fingerprint density at radius 3 is 2.38 bits per heavy atom. The highest BCUT2D eigenvalue weighted by atomic mass is 32.2. The lowest BCUT2D eigenvalue weighted by Gasteiger charge is -2.22. The van der Waals surface area contributed by atoms with Crippen LogP contribution in [0.4, 0.5) is 0 Å². The van der Waals surface area contributed by atoms with Gasteiger partial charge in [0.15, 0.2) is 32.9 Å². The minimum Gasteiger partial charge on any atom is -0.449 e. The van der Waals surface area contributed by atoms with Gasteiger partial charge in [0.05, 0.1) is 23.8 Å². The van der Waals surface area contributed by atoms with Crippen molar-refractivity contribution in [2.45, 2.75) is 12.5 Å². The number of hydrazone groups is 1. The molecule has 0 aliphatic carbocycles. The Morgan fingerprint density at radius 1 is 1.00 bits per heavy atom. The van der Waals surface area contributed by atoms with Gasteiger partial charge in [0.1, 0.15) is 0 Å². The highest BCUT2D eigenvalue weighted by Gasteiger charge is 2.27. The number of hydrogen-bond donors (Lipinski definition) is 1. The fourth-order valence-corrected chi connectivity index (χ4v) is 4.58. The van der Waals surface area contributed by atoms with E-state index >= 15 is 0 Å². The quantitative estimate of drug-likeness (QED) is 0.661. The first-order valence-corrected chi connectivity index (χ1v) is 10.2. The molecule has 26 heavy (non-hydrogen) atoms. The maximum atomic E-state index is 11.5. The molecular weight excluding hydrogens is 352 g/mol. The Balaban J connectivity index is 1.59. The fourth-order valence-electron chi connectivity index (χ4n) is 2.92. The molecule has 0 bridgehead atoms. The Labute approximate surface area is 152 Å². The number of nitrogens with one attached hydrogen (secondary N) is 1. The van der Waals surface area contributed by atoms with Gasteiger partial charge in [-0.1, -0.05) is 42.5 Å². The van der Waals surface area contributed by atoms with Crippen LogP contribution in [0.25, 0.3) is 5.76 Å². The highest BCUT2D eigenvalue weighted by molar-refractivity contribution is 7.91. The molecule has 2 heterocycles. The molecule has 4 rings (SSSR count). The molecule has 2 aromatic rings. The van der Waals surface area contributed by atoms with Crippen LogP contribution in [-0.2, 0) is 9.84 Å². The summed E-state index contributed by atoms with van der Waals surface area (Å²) in [7, 11) is -2.95. The molecule has 2 aliphatic rings. The van der Waals surface area contributed by atoms with E-state index in [0.29, 0.717) is 29.4 Å². The molecule has 0 aromatic heterocycles. The Hall–Kier alpha value is -2.80. The van der Waals surface area contributed by atoms with Gasteiger partial charge in [0.2, 0.25) is 0 Å². The van der Waals surface area contributed by atoms with E-state index < -0.39 is 9.84 Å². The summed E-state index contributed by atoms with van der Waals surface area (Å²) in [4.78, 5) is 0. The summed E-state index contributed by atoms with van der Waals surface area (Å²) in [6.45, 7) is 0. The lowest BCUT2D eigenvalue weighted by molar-refractivity contribution is 0.366. The molecule has 7 heteroatoms. The van der Waals surface area contributed by atoms with E-state index in [9.17, 15) is 8.42 Å². The molecule has 0 unspecified atom stereocenters. The molecule has 134 valence electrons. The van der Waals surface area contributed by atoms with Gasteiger partial charge < -0.3 is 14.9 Å². The SMILES string of the molecule is O=S1(=O)CC[C@@H](N/N=C\C2=C(c3ccccc3)Oc3ccccc3O2)C1. The molecule has 2 aromatic carbocycles. The zero-order chi connectivity index (χ0) is 18.0. The number of nitrogens with zero attached hydrogens (tertiary/aromatic N) is 1. The van der Waals surface area contributed by atoms with E-state index in [-0.39, 0.29) is 17.5 Å². The van der Waals surface area contributed by atoms with Crippen LogP contribution in [-0.4, -0.2) is 32.2 Å². The van der Waals surface area contributed by atoms with Crippen molar-refractivity contribution in [2.24, 2.45) is 5.10 Å². The van der Waals surface area contributed by atoms with Crippen molar-refractivity contribution < 1.29 is 17.9 Å². The molecule has 6 nitrogen and oxygen atoms in total. The predicted octanol–water partition coefficient (Wildman–Crippen LogP) is 2.59. The van der Waals surface area contributed by atoms with Gasteiger partial charge in [-0.15, -0.1) is 0 Å². The number of para-hydroxylation sites is 2. The standard InChI is InChI=1S/C19H18N2O4S/c22-26(23)11-10-15(13-26)21-20-12-18-19(14-6-2-1-3-7-14)25-17-9-5-4-8-16(17)24-18/h1-9,12,15,21H,10-11,13H2/b20-12-/t15-/m1/s1. The summed E-state index contributed by atoms with van der Waals surface area (Å²) in [6, 6.07) is 16.9. The third-order valence-electron chi connectivity index (χ3n) is 4.21. The second kappa shape index (κ2) is 6.84. The molecular formula is C19H18N2O4S. The predicted molar refractivity (Wildman–Crippen MR) is 99.7 cm³/mol. The lowest BCUT2D eigenvalue weighted by atomic mass is 10.1. The van der Waals surface area contributed by atoms with E-state index in [1.54, 1.807) is 0 Å². The van der Waals surface area contributed by atoms with E-state index in [1.807, 2.05) is 54.6 Å². The zero-order valence-corrected chi connectivity index (χ0v) is 14.8. The Bertz CT molecular complexity index is 968. The van der Waals surface area contributed by atoms with Gasteiger partial charge in [-0.2, -0.15) is 5.10 Å². The molecule has 0 radical (unpaired) electrons. The second-order valence-electron chi connectivity index (χ2n) is 6.20. The van der Waals surface area contributed by atoms with Crippen LogP contribution in [0.2, 0.25) is 0 Å². The normalized spacial score (nSPS) is 21.2. The average molecular weight is 370 g/mol. The van der Waals surface area contributed by atoms with Gasteiger partial charge in [-0.25, -0.2) is 8.42 Å². The minimum atomic E-state index is -2.95. The summed E-state index contributed by atoms with van der Waals surface area (Å²) < 4.78 is 35.0. The maximum absolute atomic E-state index is 11.5. The number of benzene rings is 2. The van der Waals surface area contributed by atoms with Gasteiger partial charge >= 0.3 is 0 Å². The van der Waals surface area contributed by atoms with Gasteiger partial charge in [-0.3, -0.25) is 0 Å². The van der Waals surface area contributed by atoms with Crippen molar-refractivity contribution in [3.63, 3.8) is 0 Å². The molecule has 1 saturated heterocycles. The molecule has 1 N–H and O–H groups in total. The van der Waals surface area contributed by atoms with Crippen molar-refractivity contribution in [3.05, 3.63) is 65.9 Å². The Kier molecular flexibility index (Phi) is 4.38. The van der Waals surface area contributed by atoms with Crippen molar-refractivity contribution in [3.8, 4) is 11.5 Å². The van der Waals surface area contributed by atoms with E-state index in [2.05, 4.69) is 10.5 Å². The number of hydrogen-bond acceptors (Lipinski definition) is 6. The van der Waals surface area contributed by atoms with Crippen LogP contribution >= 0.6 is 0 Å². The molecule has 1 atom stereocenters. The van der Waals surface area contributed by atoms with Crippen molar-refractivity contribution in [1.29, 1.82) is 0 Å². The molecule has 2 aliphatic heterocycles. The van der Waals surface area contributed by atoms with E-state index in [4.69, 9.17) is 9.47 Å². The van der Waals surface area contributed by atoms with Crippen LogP contribution < -0.4 is 14.9 Å². The molecule has 0 spiro atoms. The summed E-state index contributed by atoms with van der Waals surface area (Å²) in [6.07, 6.45) is 2.09. The molecule has 0 amide bonds. The topological polar surface area (TPSA) is 77.0 Å². The number of ether oxygens (including phenoxy) is 2. The maximum Gasteiger partial charge on any atom is 0.190 e. The average Bonchev–Trinajstić information content (AvgIpc) is 3.00. The van der Waals surface area contributed by atoms with Crippen LogP contribution in [0, 0.1) is 0 Å². The monoisotopic (exact) mass is 370 g/mol. The van der Waals surface area contributed by atoms with Crippen LogP contribution in [0.1, 0.15) is 12.0 Å². The lowest BCUT2D eigenvalue weighted by Crippen LogP contribution is -2.26. The summed E-state index contributed by atoms with van der Waals surface area (Å²) >= 11 is 0. The van der Waals surface area contributed by atoms with Crippen molar-refractivity contribution >= 4 is 21.8 Å². The first-order chi connectivity index (χ1) is 12.6. The number of allylic oxidation sites excluding steroid dienone is 1. The van der Waals surface area contributed by atoms with Crippen LogP contribution in [0.5, 0.6) is 11.5 Å². The van der Waals surface area contributed by atoms with Crippen molar-refractivity contribution in [1.82, 2.24) is 5.43 Å². The zero-order valence-electron chi connectivity index (χ0n) is 14.0. The number of fused-ring (bicyclic) bond motifs is 1. The van der Waals surface area contributed by atoms with Crippen LogP contribution in [0.15, 0.2) is 65.5 Å². The Morgan fingerprint density at radius 2 is 1.69 bits per heavy atom. The molecule has 1 fully saturated rings. The smallest absolute Gasteiger partial charge is 0.190 e. The number of sulfone groups is 1. The van der Waals surface area contributed by atoms with Gasteiger partial charge in [0.25, 0.3) is 0 Å². The third-order valence-corrected chi connectivity index (χ3v) is 5.98. The van der Waals surface area contributed by atoms with Crippen LogP contribution in [0.3, 0.4) is 0 Å². The minimum absolute atomic E-state index is 0.106. The largest absolute Gasteiger partial charge is 0.449 e. The van der Waals surface area contributed by atoms with Gasteiger partial charge in [0, 0.05) is 5.56 Å². The second-order valence-corrected chi connectivity index (χ2v) is 8.43. The first kappa shape index (κ1) is 16.7. The fraction of sp³-hybridized carbons (Fsp3) is 0.211.